The van der Waals surface area contributed by atoms with E-state index in [-0.39, 0.29) is 12.2 Å². The number of amides is 1. The van der Waals surface area contributed by atoms with E-state index in [1.165, 1.54) is 0 Å². The summed E-state index contributed by atoms with van der Waals surface area (Å²) in [5, 5.41) is 3.57. The van der Waals surface area contributed by atoms with Gasteiger partial charge in [-0.25, -0.2) is 0 Å². The van der Waals surface area contributed by atoms with Crippen LogP contribution in [0.1, 0.15) is 53.4 Å². The molecule has 1 aliphatic heterocycles. The first-order valence-electron chi connectivity index (χ1n) is 8.15. The average molecular weight is 283 g/mol. The van der Waals surface area contributed by atoms with Crippen LogP contribution < -0.4 is 5.32 Å². The van der Waals surface area contributed by atoms with Crippen molar-refractivity contribution < 1.29 is 4.79 Å². The topological polar surface area (TPSA) is 35.6 Å². The summed E-state index contributed by atoms with van der Waals surface area (Å²) in [5.74, 6) is 0.719. The number of carbonyl (C=O) groups excluding carboxylic acids is 1. The molecule has 0 bridgehead atoms. The third kappa shape index (κ3) is 4.19. The molecule has 20 heavy (non-hydrogen) atoms. The molecule has 1 saturated heterocycles. The Balaban J connectivity index is 2.75. The summed E-state index contributed by atoms with van der Waals surface area (Å²) in [7, 11) is 4.17. The van der Waals surface area contributed by atoms with Crippen LogP contribution in [0.4, 0.5) is 0 Å². The van der Waals surface area contributed by atoms with E-state index < -0.39 is 0 Å². The van der Waals surface area contributed by atoms with E-state index >= 15 is 0 Å². The SMILES string of the molecule is CCCC1NC(C(C)CC)C(=O)N1C(C)CCN(C)C. The maximum Gasteiger partial charge on any atom is 0.241 e. The molecule has 4 atom stereocenters. The molecule has 4 nitrogen and oxygen atoms in total. The highest BCUT2D eigenvalue weighted by molar-refractivity contribution is 5.85. The van der Waals surface area contributed by atoms with Crippen LogP contribution in [0.5, 0.6) is 0 Å². The van der Waals surface area contributed by atoms with Crippen molar-refractivity contribution in [3.8, 4) is 0 Å². The van der Waals surface area contributed by atoms with Crippen molar-refractivity contribution in [3.05, 3.63) is 0 Å². The maximum absolute atomic E-state index is 12.7. The van der Waals surface area contributed by atoms with Crippen LogP contribution in [0.2, 0.25) is 0 Å². The van der Waals surface area contributed by atoms with Gasteiger partial charge in [0.25, 0.3) is 0 Å². The van der Waals surface area contributed by atoms with Crippen molar-refractivity contribution >= 4 is 5.91 Å². The molecule has 4 heteroatoms. The molecule has 0 spiro atoms. The molecule has 0 aromatic carbocycles. The van der Waals surface area contributed by atoms with E-state index in [9.17, 15) is 4.79 Å². The molecule has 0 saturated carbocycles. The van der Waals surface area contributed by atoms with Gasteiger partial charge >= 0.3 is 0 Å². The lowest BCUT2D eigenvalue weighted by Crippen LogP contribution is -2.44. The molecule has 1 fully saturated rings. The zero-order valence-corrected chi connectivity index (χ0v) is 14.1. The van der Waals surface area contributed by atoms with E-state index in [1.807, 2.05) is 0 Å². The number of hydrogen-bond acceptors (Lipinski definition) is 3. The van der Waals surface area contributed by atoms with Gasteiger partial charge in [0.05, 0.1) is 12.2 Å². The molecule has 0 radical (unpaired) electrons. The number of nitrogens with zero attached hydrogens (tertiary/aromatic N) is 2. The molecule has 4 unspecified atom stereocenters. The van der Waals surface area contributed by atoms with E-state index in [4.69, 9.17) is 0 Å². The lowest BCUT2D eigenvalue weighted by atomic mass is 9.99. The lowest BCUT2D eigenvalue weighted by Gasteiger charge is -2.31. The first kappa shape index (κ1) is 17.4. The van der Waals surface area contributed by atoms with Gasteiger partial charge in [0, 0.05) is 6.04 Å². The molecule has 0 aliphatic carbocycles. The molecule has 1 amide bonds. The number of carbonyl (C=O) groups is 1. The first-order valence-corrected chi connectivity index (χ1v) is 8.15. The second-order valence-electron chi connectivity index (χ2n) is 6.52. The summed E-state index contributed by atoms with van der Waals surface area (Å²) >= 11 is 0. The minimum Gasteiger partial charge on any atom is -0.323 e. The molecular weight excluding hydrogens is 250 g/mol. The number of rotatable bonds is 8. The molecule has 1 heterocycles. The Kier molecular flexibility index (Phi) is 6.96. The number of nitrogens with one attached hydrogen (secondary N) is 1. The van der Waals surface area contributed by atoms with Crippen molar-refractivity contribution in [1.29, 1.82) is 0 Å². The fourth-order valence-electron chi connectivity index (χ4n) is 2.92. The first-order chi connectivity index (χ1) is 9.42. The predicted molar refractivity (Wildman–Crippen MR) is 84.6 cm³/mol. The molecule has 0 aromatic heterocycles. The van der Waals surface area contributed by atoms with E-state index in [0.717, 1.165) is 32.2 Å². The summed E-state index contributed by atoms with van der Waals surface area (Å²) in [6.45, 7) is 9.73. The van der Waals surface area contributed by atoms with Gasteiger partial charge in [-0.15, -0.1) is 0 Å². The molecule has 118 valence electrons. The van der Waals surface area contributed by atoms with Crippen LogP contribution in [0.15, 0.2) is 0 Å². The van der Waals surface area contributed by atoms with Crippen LogP contribution in [-0.4, -0.2) is 54.6 Å². The third-order valence-corrected chi connectivity index (χ3v) is 4.47. The minimum absolute atomic E-state index is 0.0124. The summed E-state index contributed by atoms with van der Waals surface area (Å²) in [6.07, 6.45) is 4.46. The van der Waals surface area contributed by atoms with Gasteiger partial charge in [0.15, 0.2) is 0 Å². The quantitative estimate of drug-likeness (QED) is 0.742. The number of hydrogen-bond donors (Lipinski definition) is 1. The second kappa shape index (κ2) is 7.99. The highest BCUT2D eigenvalue weighted by Gasteiger charge is 2.42. The van der Waals surface area contributed by atoms with Crippen molar-refractivity contribution in [3.63, 3.8) is 0 Å². The van der Waals surface area contributed by atoms with Crippen molar-refractivity contribution in [2.24, 2.45) is 5.92 Å². The van der Waals surface area contributed by atoms with E-state index in [1.54, 1.807) is 0 Å². The lowest BCUT2D eigenvalue weighted by molar-refractivity contribution is -0.133. The van der Waals surface area contributed by atoms with Gasteiger partial charge in [-0.2, -0.15) is 0 Å². The largest absolute Gasteiger partial charge is 0.323 e. The van der Waals surface area contributed by atoms with E-state index in [2.05, 4.69) is 56.9 Å². The average Bonchev–Trinajstić information content (AvgIpc) is 2.72. The summed E-state index contributed by atoms with van der Waals surface area (Å²) in [4.78, 5) is 17.0. The second-order valence-corrected chi connectivity index (χ2v) is 6.52. The Hall–Kier alpha value is -0.610. The molecule has 0 aromatic rings. The fraction of sp³-hybridized carbons (Fsp3) is 0.938. The Morgan fingerprint density at radius 2 is 1.95 bits per heavy atom. The van der Waals surface area contributed by atoms with Crippen molar-refractivity contribution in [2.45, 2.75) is 71.6 Å². The molecule has 1 N–H and O–H groups in total. The van der Waals surface area contributed by atoms with Gasteiger partial charge < -0.3 is 9.80 Å². The predicted octanol–water partition coefficient (Wildman–Crippen LogP) is 2.30. The van der Waals surface area contributed by atoms with Gasteiger partial charge in [0.2, 0.25) is 5.91 Å². The highest BCUT2D eigenvalue weighted by Crippen LogP contribution is 2.24. The monoisotopic (exact) mass is 283 g/mol. The Bertz CT molecular complexity index is 306. The zero-order chi connectivity index (χ0) is 15.3. The van der Waals surface area contributed by atoms with Crippen LogP contribution in [-0.2, 0) is 4.79 Å². The standard InChI is InChI=1S/C16H33N3O/c1-7-9-14-17-15(12(3)8-2)16(20)19(14)13(4)10-11-18(5)6/h12-15,17H,7-11H2,1-6H3. The Labute approximate surface area is 124 Å². The smallest absolute Gasteiger partial charge is 0.241 e. The van der Waals surface area contributed by atoms with Crippen LogP contribution in [0.3, 0.4) is 0 Å². The minimum atomic E-state index is 0.0124. The van der Waals surface area contributed by atoms with Gasteiger partial charge in [-0.05, 0) is 46.3 Å². The fourth-order valence-corrected chi connectivity index (χ4v) is 2.92. The molecular formula is C16H33N3O. The van der Waals surface area contributed by atoms with Gasteiger partial charge in [0.1, 0.15) is 0 Å². The van der Waals surface area contributed by atoms with E-state index in [0.29, 0.717) is 17.9 Å². The van der Waals surface area contributed by atoms with Gasteiger partial charge in [-0.1, -0.05) is 33.6 Å². The zero-order valence-electron chi connectivity index (χ0n) is 14.1. The summed E-state index contributed by atoms with van der Waals surface area (Å²) in [5.41, 5.74) is 0. The Morgan fingerprint density at radius 1 is 1.30 bits per heavy atom. The summed E-state index contributed by atoms with van der Waals surface area (Å²) < 4.78 is 0. The van der Waals surface area contributed by atoms with Crippen molar-refractivity contribution in [2.75, 3.05) is 20.6 Å². The highest BCUT2D eigenvalue weighted by atomic mass is 16.2. The van der Waals surface area contributed by atoms with Crippen LogP contribution in [0, 0.1) is 5.92 Å². The third-order valence-electron chi connectivity index (χ3n) is 4.47. The molecule has 1 aliphatic rings. The summed E-state index contributed by atoms with van der Waals surface area (Å²) in [6, 6.07) is 0.321. The Morgan fingerprint density at radius 3 is 2.45 bits per heavy atom. The molecule has 1 rings (SSSR count). The maximum atomic E-state index is 12.7. The van der Waals surface area contributed by atoms with Crippen LogP contribution in [0.25, 0.3) is 0 Å². The van der Waals surface area contributed by atoms with Gasteiger partial charge in [-0.3, -0.25) is 10.1 Å². The van der Waals surface area contributed by atoms with Crippen LogP contribution >= 0.6 is 0 Å². The van der Waals surface area contributed by atoms with Crippen molar-refractivity contribution in [1.82, 2.24) is 15.1 Å². The normalized spacial score (nSPS) is 26.4.